The van der Waals surface area contributed by atoms with Crippen molar-refractivity contribution in [3.05, 3.63) is 30.3 Å². The number of hydrogen-bond donors (Lipinski definition) is 2. The molecule has 0 atom stereocenters. The molecule has 1 saturated heterocycles. The fraction of sp³-hybridized carbons (Fsp3) is 0.533. The molecule has 2 aliphatic rings. The maximum Gasteiger partial charge on any atom is 0.430 e. The zero-order valence-electron chi connectivity index (χ0n) is 12.0. The Hall–Kier alpha value is -1.76. The lowest BCUT2D eigenvalue weighted by Gasteiger charge is -2.45. The van der Waals surface area contributed by atoms with E-state index < -0.39 is 12.1 Å². The molecule has 1 spiro atoms. The van der Waals surface area contributed by atoms with E-state index in [4.69, 9.17) is 9.90 Å². The molecule has 7 heteroatoms. The Bertz CT molecular complexity index is 491. The van der Waals surface area contributed by atoms with E-state index in [9.17, 15) is 13.2 Å². The highest BCUT2D eigenvalue weighted by molar-refractivity contribution is 5.70. The van der Waals surface area contributed by atoms with Crippen molar-refractivity contribution in [1.29, 1.82) is 0 Å². The smallest absolute Gasteiger partial charge is 0.430 e. The Morgan fingerprint density at radius 2 is 1.86 bits per heavy atom. The Balaban J connectivity index is 0.000000217. The van der Waals surface area contributed by atoms with Gasteiger partial charge >= 0.3 is 6.18 Å². The van der Waals surface area contributed by atoms with Gasteiger partial charge in [0.25, 0.3) is 0 Å². The van der Waals surface area contributed by atoms with Gasteiger partial charge in [0.15, 0.2) is 0 Å². The van der Waals surface area contributed by atoms with Crippen molar-refractivity contribution in [3.8, 4) is 0 Å². The molecule has 0 amide bonds. The van der Waals surface area contributed by atoms with Crippen LogP contribution in [0.5, 0.6) is 0 Å². The summed E-state index contributed by atoms with van der Waals surface area (Å²) in [4.78, 5) is 8.78. The van der Waals surface area contributed by atoms with Crippen molar-refractivity contribution < 1.29 is 23.1 Å². The van der Waals surface area contributed by atoms with Crippen LogP contribution in [-0.2, 0) is 4.79 Å². The van der Waals surface area contributed by atoms with Crippen LogP contribution in [0.15, 0.2) is 30.3 Å². The van der Waals surface area contributed by atoms with E-state index in [-0.39, 0.29) is 0 Å². The lowest BCUT2D eigenvalue weighted by molar-refractivity contribution is -0.344. The average Bonchev–Trinajstić information content (AvgIpc) is 2.88. The summed E-state index contributed by atoms with van der Waals surface area (Å²) in [6, 6.07) is 11.2. The van der Waals surface area contributed by atoms with Gasteiger partial charge in [-0.1, -0.05) is 18.2 Å². The number of halogens is 3. The van der Waals surface area contributed by atoms with Crippen LogP contribution in [0.1, 0.15) is 19.3 Å². The normalized spacial score (nSPS) is 26.8. The van der Waals surface area contributed by atoms with Crippen LogP contribution in [-0.4, -0.2) is 31.3 Å². The Labute approximate surface area is 126 Å². The summed E-state index contributed by atoms with van der Waals surface area (Å²) in [5.41, 5.74) is 1.91. The zero-order valence-corrected chi connectivity index (χ0v) is 12.0. The number of hydrogen-bond acceptors (Lipinski definition) is 4. The van der Waals surface area contributed by atoms with Crippen molar-refractivity contribution >= 4 is 11.7 Å². The van der Waals surface area contributed by atoms with Crippen LogP contribution in [0, 0.1) is 5.41 Å². The molecule has 2 N–H and O–H groups in total. The lowest BCUT2D eigenvalue weighted by atomic mass is 9.65. The van der Waals surface area contributed by atoms with E-state index >= 15 is 0 Å². The first kappa shape index (κ1) is 16.6. The number of benzene rings is 1. The third kappa shape index (κ3) is 4.37. The lowest BCUT2D eigenvalue weighted by Crippen LogP contribution is -2.46. The number of alkyl halides is 3. The fourth-order valence-electron chi connectivity index (χ4n) is 3.00. The Kier molecular flexibility index (Phi) is 4.95. The minimum Gasteiger partial charge on any atom is -0.542 e. The second kappa shape index (κ2) is 6.56. The van der Waals surface area contributed by atoms with Gasteiger partial charge in [-0.05, 0) is 43.4 Å². The predicted octanol–water partition coefficient (Wildman–Crippen LogP) is 1.54. The standard InChI is InChI=1S/C13H18N2.C2HF3O2/c1-2-4-11(5-3-1)15-12-8-13(9-12)6-7-14-10-13;3-2(4,5)1(6)7/h1-5,12,14-15H,6-10H2;(H,6,7)/p-1. The largest absolute Gasteiger partial charge is 0.542 e. The number of rotatable bonds is 2. The fourth-order valence-corrected chi connectivity index (χ4v) is 3.00. The molecule has 1 aromatic rings. The topological polar surface area (TPSA) is 64.2 Å². The van der Waals surface area contributed by atoms with Gasteiger partial charge in [0, 0.05) is 18.3 Å². The van der Waals surface area contributed by atoms with Crippen molar-refractivity contribution in [1.82, 2.24) is 5.32 Å². The van der Waals surface area contributed by atoms with E-state index in [1.165, 1.54) is 38.0 Å². The maximum atomic E-state index is 10.5. The second-order valence-electron chi connectivity index (χ2n) is 5.83. The molecule has 22 heavy (non-hydrogen) atoms. The molecular formula is C15H18F3N2O2-. The number of carboxylic acids is 1. The minimum absolute atomic E-state index is 0.645. The van der Waals surface area contributed by atoms with Gasteiger partial charge in [-0.25, -0.2) is 0 Å². The molecule has 122 valence electrons. The molecule has 3 rings (SSSR count). The first-order valence-corrected chi connectivity index (χ1v) is 7.11. The first-order valence-electron chi connectivity index (χ1n) is 7.11. The number of carboxylic acid groups (broad SMARTS) is 1. The second-order valence-corrected chi connectivity index (χ2v) is 5.83. The van der Waals surface area contributed by atoms with Crippen LogP contribution < -0.4 is 15.7 Å². The molecule has 0 radical (unpaired) electrons. The number of nitrogens with one attached hydrogen (secondary N) is 2. The van der Waals surface area contributed by atoms with Gasteiger partial charge in [0.1, 0.15) is 5.97 Å². The van der Waals surface area contributed by atoms with Gasteiger partial charge in [-0.2, -0.15) is 13.2 Å². The van der Waals surface area contributed by atoms with E-state index in [0.29, 0.717) is 11.5 Å². The highest BCUT2D eigenvalue weighted by Gasteiger charge is 2.45. The summed E-state index contributed by atoms with van der Waals surface area (Å²) in [7, 11) is 0. The SMILES string of the molecule is O=C([O-])C(F)(F)F.c1ccc(NC2CC3(CCNC3)C2)cc1. The van der Waals surface area contributed by atoms with Crippen molar-refractivity contribution in [3.63, 3.8) is 0 Å². The van der Waals surface area contributed by atoms with E-state index in [0.717, 1.165) is 0 Å². The van der Waals surface area contributed by atoms with E-state index in [2.05, 4.69) is 41.0 Å². The summed E-state index contributed by atoms with van der Waals surface area (Å²) in [6.45, 7) is 2.46. The highest BCUT2D eigenvalue weighted by atomic mass is 19.4. The summed E-state index contributed by atoms with van der Waals surface area (Å²) in [6.07, 6.45) is -1.14. The summed E-state index contributed by atoms with van der Waals surface area (Å²) < 4.78 is 31.5. The molecule has 0 bridgehead atoms. The number of carbonyl (C=O) groups excluding carboxylic acids is 1. The third-order valence-corrected chi connectivity index (χ3v) is 4.07. The van der Waals surface area contributed by atoms with Gasteiger partial charge in [0.2, 0.25) is 0 Å². The number of para-hydroxylation sites is 1. The molecule has 1 aliphatic carbocycles. The first-order chi connectivity index (χ1) is 10.3. The van der Waals surface area contributed by atoms with Crippen LogP contribution in [0.3, 0.4) is 0 Å². The molecule has 1 aliphatic heterocycles. The quantitative estimate of drug-likeness (QED) is 0.869. The molecule has 2 fully saturated rings. The van der Waals surface area contributed by atoms with Gasteiger partial charge < -0.3 is 20.5 Å². The molecular weight excluding hydrogens is 297 g/mol. The third-order valence-electron chi connectivity index (χ3n) is 4.07. The van der Waals surface area contributed by atoms with Crippen LogP contribution >= 0.6 is 0 Å². The van der Waals surface area contributed by atoms with Crippen LogP contribution in [0.25, 0.3) is 0 Å². The van der Waals surface area contributed by atoms with Crippen molar-refractivity contribution in [2.24, 2.45) is 5.41 Å². The Morgan fingerprint density at radius 1 is 1.27 bits per heavy atom. The summed E-state index contributed by atoms with van der Waals surface area (Å²) in [5.74, 6) is -3.01. The Morgan fingerprint density at radius 3 is 2.32 bits per heavy atom. The number of carbonyl (C=O) groups is 1. The highest BCUT2D eigenvalue weighted by Crippen LogP contribution is 2.46. The summed E-state index contributed by atoms with van der Waals surface area (Å²) in [5, 5.41) is 15.9. The number of anilines is 1. The predicted molar refractivity (Wildman–Crippen MR) is 74.1 cm³/mol. The van der Waals surface area contributed by atoms with Gasteiger partial charge in [-0.3, -0.25) is 0 Å². The molecule has 1 heterocycles. The van der Waals surface area contributed by atoms with Crippen molar-refractivity contribution in [2.45, 2.75) is 31.5 Å². The van der Waals surface area contributed by atoms with E-state index in [1.807, 2.05) is 0 Å². The molecule has 1 aromatic carbocycles. The molecule has 0 aromatic heterocycles. The maximum absolute atomic E-state index is 10.5. The van der Waals surface area contributed by atoms with E-state index in [1.54, 1.807) is 0 Å². The van der Waals surface area contributed by atoms with Gasteiger partial charge in [-0.15, -0.1) is 0 Å². The average molecular weight is 315 g/mol. The van der Waals surface area contributed by atoms with Crippen LogP contribution in [0.4, 0.5) is 18.9 Å². The number of aliphatic carboxylic acids is 1. The van der Waals surface area contributed by atoms with Crippen molar-refractivity contribution in [2.75, 3.05) is 18.4 Å². The molecule has 1 saturated carbocycles. The monoisotopic (exact) mass is 315 g/mol. The van der Waals surface area contributed by atoms with Gasteiger partial charge in [0.05, 0.1) is 0 Å². The summed E-state index contributed by atoms with van der Waals surface area (Å²) >= 11 is 0. The van der Waals surface area contributed by atoms with Crippen LogP contribution in [0.2, 0.25) is 0 Å². The minimum atomic E-state index is -5.19. The molecule has 0 unspecified atom stereocenters. The zero-order chi connectivity index (χ0) is 16.2. The molecule has 4 nitrogen and oxygen atoms in total.